The van der Waals surface area contributed by atoms with E-state index in [0.717, 1.165) is 5.56 Å². The highest BCUT2D eigenvalue weighted by molar-refractivity contribution is 6.50. The van der Waals surface area contributed by atoms with E-state index in [1.807, 2.05) is 0 Å². The van der Waals surface area contributed by atoms with Crippen LogP contribution in [0.1, 0.15) is 5.56 Å². The standard InChI is InChI=1S/C7H6N3O2.BF4/c8-9-5-6-1-3-7(4-2-6)10(11)12;2-1(3,4)5/h1-4H,5H2;/q+1;-1. The largest absolute Gasteiger partial charge is 0.673 e. The monoisotopic (exact) mass is 251 g/mol. The van der Waals surface area contributed by atoms with Crippen LogP contribution in [0.5, 0.6) is 0 Å². The topological polar surface area (TPSA) is 71.3 Å². The Morgan fingerprint density at radius 1 is 1.24 bits per heavy atom. The fraction of sp³-hybridized carbons (Fsp3) is 0.143. The maximum atomic E-state index is 10.2. The molecule has 0 atom stereocenters. The zero-order chi connectivity index (χ0) is 13.5. The fourth-order valence-corrected chi connectivity index (χ4v) is 0.805. The van der Waals surface area contributed by atoms with Gasteiger partial charge in [0.25, 0.3) is 5.69 Å². The second-order valence-electron chi connectivity index (χ2n) is 2.72. The smallest absolute Gasteiger partial charge is 0.418 e. The molecule has 1 rings (SSSR count). The van der Waals surface area contributed by atoms with Crippen molar-refractivity contribution in [1.82, 2.24) is 0 Å². The number of non-ortho nitro benzene ring substituents is 1. The van der Waals surface area contributed by atoms with Crippen LogP contribution in [0.2, 0.25) is 0 Å². The van der Waals surface area contributed by atoms with E-state index in [0.29, 0.717) is 0 Å². The third-order valence-electron chi connectivity index (χ3n) is 1.40. The average molecular weight is 251 g/mol. The Morgan fingerprint density at radius 2 is 1.65 bits per heavy atom. The molecule has 0 spiro atoms. The number of benzene rings is 1. The molecule has 0 saturated carbocycles. The van der Waals surface area contributed by atoms with Crippen molar-refractivity contribution < 1.29 is 22.2 Å². The highest BCUT2D eigenvalue weighted by atomic mass is 19.5. The first-order valence-corrected chi connectivity index (χ1v) is 4.15. The number of nitrogens with zero attached hydrogens (tertiary/aromatic N) is 3. The lowest BCUT2D eigenvalue weighted by molar-refractivity contribution is -0.384. The molecule has 0 saturated heterocycles. The van der Waals surface area contributed by atoms with Crippen LogP contribution in [-0.2, 0) is 6.54 Å². The van der Waals surface area contributed by atoms with Crippen molar-refractivity contribution in [2.45, 2.75) is 6.54 Å². The summed E-state index contributed by atoms with van der Waals surface area (Å²) in [5, 5.41) is 18.4. The Labute approximate surface area is 92.9 Å². The van der Waals surface area contributed by atoms with Gasteiger partial charge in [0.05, 0.1) is 4.92 Å². The van der Waals surface area contributed by atoms with Gasteiger partial charge < -0.3 is 17.3 Å². The molecule has 0 aliphatic rings. The first-order chi connectivity index (χ1) is 7.74. The molecule has 0 aromatic heterocycles. The SMILES string of the molecule is F[B-](F)(F)F.N#[N+]Cc1ccc([N+](=O)[O-])cc1. The Balaban J connectivity index is 0.000000437. The van der Waals surface area contributed by atoms with Gasteiger partial charge in [-0.1, -0.05) is 0 Å². The first-order valence-electron chi connectivity index (χ1n) is 4.15. The van der Waals surface area contributed by atoms with Crippen LogP contribution in [-0.4, -0.2) is 12.2 Å². The molecule has 0 fully saturated rings. The summed E-state index contributed by atoms with van der Waals surface area (Å²) in [5.41, 5.74) is 0.778. The highest BCUT2D eigenvalue weighted by Gasteiger charge is 2.20. The van der Waals surface area contributed by atoms with Gasteiger partial charge in [-0.25, -0.2) is 0 Å². The minimum atomic E-state index is -6.00. The molecular formula is C7H6BF4N3O2. The number of hydrogen-bond donors (Lipinski definition) is 0. The van der Waals surface area contributed by atoms with Crippen molar-refractivity contribution in [3.05, 3.63) is 44.9 Å². The van der Waals surface area contributed by atoms with Gasteiger partial charge in [0.15, 0.2) is 0 Å². The molecule has 5 nitrogen and oxygen atoms in total. The molecule has 92 valence electrons. The number of halogens is 4. The van der Waals surface area contributed by atoms with Crippen LogP contribution >= 0.6 is 0 Å². The van der Waals surface area contributed by atoms with Gasteiger partial charge in [-0.3, -0.25) is 10.1 Å². The summed E-state index contributed by atoms with van der Waals surface area (Å²) in [6, 6.07) is 5.86. The van der Waals surface area contributed by atoms with Crippen LogP contribution in [0.15, 0.2) is 24.3 Å². The highest BCUT2D eigenvalue weighted by Crippen LogP contribution is 2.12. The van der Waals surface area contributed by atoms with Gasteiger partial charge in [-0.15, -0.1) is 0 Å². The molecule has 0 N–H and O–H groups in total. The number of rotatable bonds is 2. The molecule has 10 heteroatoms. The molecule has 0 radical (unpaired) electrons. The van der Waals surface area contributed by atoms with Gasteiger partial charge in [-0.05, 0) is 12.1 Å². The summed E-state index contributed by atoms with van der Waals surface area (Å²) in [5.74, 6) is 0. The number of nitro benzene ring substituents is 1. The van der Waals surface area contributed by atoms with E-state index in [9.17, 15) is 27.4 Å². The van der Waals surface area contributed by atoms with Crippen LogP contribution in [0, 0.1) is 15.5 Å². The third-order valence-corrected chi connectivity index (χ3v) is 1.40. The van der Waals surface area contributed by atoms with E-state index in [2.05, 4.69) is 4.98 Å². The Bertz CT molecular complexity index is 409. The number of nitro groups is 1. The predicted octanol–water partition coefficient (Wildman–Crippen LogP) is 3.25. The van der Waals surface area contributed by atoms with Gasteiger partial charge in [0.2, 0.25) is 5.39 Å². The summed E-state index contributed by atoms with van der Waals surface area (Å²) < 4.78 is 39.0. The van der Waals surface area contributed by atoms with E-state index in [1.54, 1.807) is 12.1 Å². The zero-order valence-electron chi connectivity index (χ0n) is 8.26. The average Bonchev–Trinajstić information content (AvgIpc) is 2.16. The normalized spacial score (nSPS) is 9.82. The molecule has 0 heterocycles. The first kappa shape index (κ1) is 14.8. The summed E-state index contributed by atoms with van der Waals surface area (Å²) >= 11 is 0. The molecular weight excluding hydrogens is 245 g/mol. The van der Waals surface area contributed by atoms with Crippen molar-refractivity contribution in [3.8, 4) is 0 Å². The molecule has 1 aromatic rings. The van der Waals surface area contributed by atoms with Crippen molar-refractivity contribution >= 4 is 12.9 Å². The van der Waals surface area contributed by atoms with E-state index >= 15 is 0 Å². The van der Waals surface area contributed by atoms with Gasteiger partial charge in [0.1, 0.15) is 4.98 Å². The van der Waals surface area contributed by atoms with Gasteiger partial charge in [-0.2, -0.15) is 0 Å². The Morgan fingerprint density at radius 3 is 1.94 bits per heavy atom. The molecule has 0 aliphatic heterocycles. The second kappa shape index (κ2) is 6.42. The molecule has 17 heavy (non-hydrogen) atoms. The summed E-state index contributed by atoms with van der Waals surface area (Å²) in [6.07, 6.45) is 0. The van der Waals surface area contributed by atoms with Crippen LogP contribution < -0.4 is 0 Å². The summed E-state index contributed by atoms with van der Waals surface area (Å²) in [6.45, 7) is 0.165. The van der Waals surface area contributed by atoms with Crippen LogP contribution in [0.25, 0.3) is 4.98 Å². The maximum Gasteiger partial charge on any atom is 0.673 e. The fourth-order valence-electron chi connectivity index (χ4n) is 0.805. The third kappa shape index (κ3) is 8.80. The summed E-state index contributed by atoms with van der Waals surface area (Å²) in [4.78, 5) is 12.6. The minimum Gasteiger partial charge on any atom is -0.418 e. The van der Waals surface area contributed by atoms with Crippen molar-refractivity contribution in [3.63, 3.8) is 0 Å². The van der Waals surface area contributed by atoms with Gasteiger partial charge >= 0.3 is 13.8 Å². The number of hydrogen-bond acceptors (Lipinski definition) is 3. The maximum absolute atomic E-state index is 10.2. The van der Waals surface area contributed by atoms with Crippen LogP contribution in [0.4, 0.5) is 23.0 Å². The minimum absolute atomic E-state index is 0.0386. The van der Waals surface area contributed by atoms with Crippen molar-refractivity contribution in [1.29, 1.82) is 5.39 Å². The van der Waals surface area contributed by atoms with Crippen molar-refractivity contribution in [2.24, 2.45) is 0 Å². The van der Waals surface area contributed by atoms with Gasteiger partial charge in [0, 0.05) is 17.7 Å². The molecule has 0 unspecified atom stereocenters. The van der Waals surface area contributed by atoms with Crippen LogP contribution in [0.3, 0.4) is 0 Å². The molecule has 0 amide bonds. The Hall–Kier alpha value is -2.18. The lowest BCUT2D eigenvalue weighted by Crippen LogP contribution is -2.02. The lowest BCUT2D eigenvalue weighted by Gasteiger charge is -1.94. The lowest BCUT2D eigenvalue weighted by atomic mass is 10.2. The van der Waals surface area contributed by atoms with E-state index < -0.39 is 12.2 Å². The quantitative estimate of drug-likeness (QED) is 0.266. The summed E-state index contributed by atoms with van der Waals surface area (Å²) in [7, 11) is -6.00. The predicted molar refractivity (Wildman–Crippen MR) is 52.1 cm³/mol. The Kier molecular flexibility index (Phi) is 5.60. The second-order valence-corrected chi connectivity index (χ2v) is 2.72. The molecule has 0 aliphatic carbocycles. The van der Waals surface area contributed by atoms with E-state index in [1.165, 1.54) is 12.1 Å². The molecule has 0 bridgehead atoms. The molecule has 1 aromatic carbocycles. The number of diazo groups is 1. The van der Waals surface area contributed by atoms with Crippen molar-refractivity contribution in [2.75, 3.05) is 0 Å². The van der Waals surface area contributed by atoms with E-state index in [-0.39, 0.29) is 12.2 Å². The van der Waals surface area contributed by atoms with E-state index in [4.69, 9.17) is 5.39 Å². The zero-order valence-corrected chi connectivity index (χ0v) is 8.26.